The molecule has 172 valence electrons. The Hall–Kier alpha value is -4.28. The van der Waals surface area contributed by atoms with E-state index in [0.717, 1.165) is 5.56 Å². The van der Waals surface area contributed by atoms with E-state index in [-0.39, 0.29) is 11.5 Å². The number of benzene rings is 3. The van der Waals surface area contributed by atoms with Crippen LogP contribution in [-0.4, -0.2) is 18.9 Å². The molecule has 3 aromatic carbocycles. The van der Waals surface area contributed by atoms with Crippen molar-refractivity contribution in [2.75, 3.05) is 17.7 Å². The lowest BCUT2D eigenvalue weighted by atomic mass is 10.1. The molecule has 0 atom stereocenters. The first-order valence-corrected chi connectivity index (χ1v) is 10.6. The first-order valence-electron chi connectivity index (χ1n) is 10.2. The minimum absolute atomic E-state index is 0.0807. The first kappa shape index (κ1) is 24.4. The third-order valence-corrected chi connectivity index (χ3v) is 4.89. The van der Waals surface area contributed by atoms with Gasteiger partial charge >= 0.3 is 0 Å². The number of nitrogens with zero attached hydrogens (tertiary/aromatic N) is 1. The molecular weight excluding hydrogens is 454 g/mol. The maximum Gasteiger partial charge on any atom is 0.266 e. The lowest BCUT2D eigenvalue weighted by Crippen LogP contribution is -2.13. The zero-order valence-electron chi connectivity index (χ0n) is 18.6. The fourth-order valence-corrected chi connectivity index (χ4v) is 3.11. The molecule has 0 aromatic heterocycles. The van der Waals surface area contributed by atoms with Crippen LogP contribution < -0.4 is 20.1 Å². The monoisotopic (exact) mass is 475 g/mol. The van der Waals surface area contributed by atoms with E-state index >= 15 is 0 Å². The van der Waals surface area contributed by atoms with Gasteiger partial charge in [-0.2, -0.15) is 5.26 Å². The molecule has 0 saturated heterocycles. The number of carbonyl (C=O) groups is 2. The van der Waals surface area contributed by atoms with E-state index in [9.17, 15) is 14.9 Å². The Labute approximate surface area is 202 Å². The van der Waals surface area contributed by atoms with Crippen molar-refractivity contribution >= 4 is 40.9 Å². The number of carbonyl (C=O) groups excluding carboxylic acids is 2. The Morgan fingerprint density at radius 3 is 2.21 bits per heavy atom. The van der Waals surface area contributed by atoms with Gasteiger partial charge in [0.1, 0.15) is 18.2 Å². The van der Waals surface area contributed by atoms with Crippen LogP contribution in [0.15, 0.2) is 72.3 Å². The molecule has 0 aliphatic heterocycles. The molecule has 0 unspecified atom stereocenters. The molecule has 0 bridgehead atoms. The lowest BCUT2D eigenvalue weighted by Gasteiger charge is -2.12. The Balaban J connectivity index is 1.70. The molecular formula is C26H22ClN3O4. The maximum atomic E-state index is 12.6. The molecule has 3 aromatic rings. The summed E-state index contributed by atoms with van der Waals surface area (Å²) in [5, 5.41) is 15.5. The van der Waals surface area contributed by atoms with Crippen LogP contribution in [0.5, 0.6) is 11.5 Å². The zero-order chi connectivity index (χ0) is 24.5. The van der Waals surface area contributed by atoms with Crippen LogP contribution >= 0.6 is 11.6 Å². The van der Waals surface area contributed by atoms with E-state index in [0.29, 0.717) is 40.1 Å². The minimum atomic E-state index is -0.559. The van der Waals surface area contributed by atoms with E-state index in [1.165, 1.54) is 20.1 Å². The summed E-state index contributed by atoms with van der Waals surface area (Å²) in [5.41, 5.74) is 2.56. The highest BCUT2D eigenvalue weighted by Crippen LogP contribution is 2.30. The van der Waals surface area contributed by atoms with Crippen molar-refractivity contribution in [2.45, 2.75) is 13.5 Å². The standard InChI is InChI=1S/C26H22ClN3O4/c1-17(31)29-22-8-10-23(11-9-22)30-26(32)20(15-28)13-19-5-12-24(25(14-19)33-2)34-16-18-3-6-21(27)7-4-18/h3-14H,16H2,1-2H3,(H,29,31)(H,30,32)/b20-13+. The number of methoxy groups -OCH3 is 1. The van der Waals surface area contributed by atoms with Gasteiger partial charge in [-0.1, -0.05) is 29.8 Å². The fourth-order valence-electron chi connectivity index (χ4n) is 2.99. The number of nitrogens with one attached hydrogen (secondary N) is 2. The average molecular weight is 476 g/mol. The molecule has 34 heavy (non-hydrogen) atoms. The van der Waals surface area contributed by atoms with Crippen LogP contribution in [0.3, 0.4) is 0 Å². The number of hydrogen-bond donors (Lipinski definition) is 2. The SMILES string of the molecule is COc1cc(/C=C(\C#N)C(=O)Nc2ccc(NC(C)=O)cc2)ccc1OCc1ccc(Cl)cc1. The van der Waals surface area contributed by atoms with Crippen molar-refractivity contribution in [3.8, 4) is 17.6 Å². The van der Waals surface area contributed by atoms with Crippen molar-refractivity contribution in [3.63, 3.8) is 0 Å². The summed E-state index contributed by atoms with van der Waals surface area (Å²) in [6, 6.07) is 20.9. The van der Waals surface area contributed by atoms with Gasteiger partial charge in [0.25, 0.3) is 5.91 Å². The second-order valence-electron chi connectivity index (χ2n) is 7.21. The van der Waals surface area contributed by atoms with E-state index in [1.807, 2.05) is 18.2 Å². The average Bonchev–Trinajstić information content (AvgIpc) is 2.83. The van der Waals surface area contributed by atoms with Crippen molar-refractivity contribution in [1.29, 1.82) is 5.26 Å². The first-order chi connectivity index (χ1) is 16.4. The predicted octanol–water partition coefficient (Wildman–Crippen LogP) is 5.43. The van der Waals surface area contributed by atoms with Crippen LogP contribution in [0.25, 0.3) is 6.08 Å². The van der Waals surface area contributed by atoms with Crippen LogP contribution in [0.2, 0.25) is 5.02 Å². The quantitative estimate of drug-likeness (QED) is 0.334. The van der Waals surface area contributed by atoms with E-state index in [1.54, 1.807) is 54.6 Å². The Morgan fingerprint density at radius 2 is 1.62 bits per heavy atom. The van der Waals surface area contributed by atoms with Gasteiger partial charge in [-0.15, -0.1) is 0 Å². The minimum Gasteiger partial charge on any atom is -0.493 e. The highest BCUT2D eigenvalue weighted by molar-refractivity contribution is 6.30. The maximum absolute atomic E-state index is 12.6. The zero-order valence-corrected chi connectivity index (χ0v) is 19.3. The molecule has 0 heterocycles. The molecule has 0 aliphatic carbocycles. The van der Waals surface area contributed by atoms with Crippen molar-refractivity contribution < 1.29 is 19.1 Å². The highest BCUT2D eigenvalue weighted by atomic mass is 35.5. The summed E-state index contributed by atoms with van der Waals surface area (Å²) in [6.07, 6.45) is 1.46. The molecule has 0 aliphatic rings. The van der Waals surface area contributed by atoms with Gasteiger partial charge in [0.2, 0.25) is 5.91 Å². The number of amides is 2. The summed E-state index contributed by atoms with van der Waals surface area (Å²) in [7, 11) is 1.51. The molecule has 8 heteroatoms. The Morgan fingerprint density at radius 1 is 0.971 bits per heavy atom. The van der Waals surface area contributed by atoms with Crippen molar-refractivity contribution in [3.05, 3.63) is 88.5 Å². The molecule has 7 nitrogen and oxygen atoms in total. The topological polar surface area (TPSA) is 100 Å². The molecule has 0 radical (unpaired) electrons. The van der Waals surface area contributed by atoms with Crippen LogP contribution in [0.4, 0.5) is 11.4 Å². The van der Waals surface area contributed by atoms with Gasteiger partial charge in [-0.25, -0.2) is 0 Å². The third kappa shape index (κ3) is 6.86. The van der Waals surface area contributed by atoms with Crippen LogP contribution in [0, 0.1) is 11.3 Å². The number of halogens is 1. The Kier molecular flexibility index (Phi) is 8.27. The van der Waals surface area contributed by atoms with E-state index in [2.05, 4.69) is 10.6 Å². The summed E-state index contributed by atoms with van der Waals surface area (Å²) < 4.78 is 11.3. The van der Waals surface area contributed by atoms with Gasteiger partial charge in [0.05, 0.1) is 7.11 Å². The summed E-state index contributed by atoms with van der Waals surface area (Å²) in [5.74, 6) is 0.242. The van der Waals surface area contributed by atoms with Crippen molar-refractivity contribution in [2.24, 2.45) is 0 Å². The third-order valence-electron chi connectivity index (χ3n) is 4.63. The summed E-state index contributed by atoms with van der Waals surface area (Å²) in [4.78, 5) is 23.7. The van der Waals surface area contributed by atoms with Crippen LogP contribution in [-0.2, 0) is 16.2 Å². The van der Waals surface area contributed by atoms with Gasteiger partial charge in [-0.05, 0) is 65.7 Å². The normalized spacial score (nSPS) is 10.7. The predicted molar refractivity (Wildman–Crippen MR) is 132 cm³/mol. The molecule has 2 N–H and O–H groups in total. The van der Waals surface area contributed by atoms with Gasteiger partial charge in [-0.3, -0.25) is 9.59 Å². The number of ether oxygens (including phenoxy) is 2. The van der Waals surface area contributed by atoms with Gasteiger partial charge in [0, 0.05) is 23.3 Å². The molecule has 0 fully saturated rings. The Bertz CT molecular complexity index is 1250. The number of rotatable bonds is 8. The molecule has 0 spiro atoms. The second kappa shape index (κ2) is 11.5. The highest BCUT2D eigenvalue weighted by Gasteiger charge is 2.12. The largest absolute Gasteiger partial charge is 0.493 e. The smallest absolute Gasteiger partial charge is 0.266 e. The molecule has 3 rings (SSSR count). The molecule has 2 amide bonds. The van der Waals surface area contributed by atoms with E-state index in [4.69, 9.17) is 21.1 Å². The van der Waals surface area contributed by atoms with E-state index < -0.39 is 5.91 Å². The summed E-state index contributed by atoms with van der Waals surface area (Å²) >= 11 is 5.91. The second-order valence-corrected chi connectivity index (χ2v) is 7.64. The summed E-state index contributed by atoms with van der Waals surface area (Å²) in [6.45, 7) is 1.74. The van der Waals surface area contributed by atoms with Gasteiger partial charge < -0.3 is 20.1 Å². The fraction of sp³-hybridized carbons (Fsp3) is 0.115. The lowest BCUT2D eigenvalue weighted by molar-refractivity contribution is -0.114. The number of anilines is 2. The number of hydrogen-bond acceptors (Lipinski definition) is 5. The van der Waals surface area contributed by atoms with Gasteiger partial charge in [0.15, 0.2) is 11.5 Å². The van der Waals surface area contributed by atoms with Crippen LogP contribution in [0.1, 0.15) is 18.1 Å². The number of nitriles is 1. The molecule has 0 saturated carbocycles. The van der Waals surface area contributed by atoms with Crippen molar-refractivity contribution in [1.82, 2.24) is 0 Å².